The first kappa shape index (κ1) is 14.4. The molecule has 0 amide bonds. The molecule has 0 aliphatic heterocycles. The van der Waals surface area contributed by atoms with E-state index in [9.17, 15) is 0 Å². The lowest BCUT2D eigenvalue weighted by molar-refractivity contribution is -0.0777. The molecule has 0 aromatic carbocycles. The third-order valence-corrected chi connectivity index (χ3v) is 3.71. The van der Waals surface area contributed by atoms with Crippen molar-refractivity contribution in [3.05, 3.63) is 11.7 Å². The number of rotatable bonds is 6. The Morgan fingerprint density at radius 2 is 2.11 bits per heavy atom. The van der Waals surface area contributed by atoms with E-state index in [0.29, 0.717) is 24.9 Å². The highest BCUT2D eigenvalue weighted by atomic mass is 16.5. The molecule has 1 aromatic rings. The number of hydrogen-bond acceptors (Lipinski definition) is 6. The zero-order valence-electron chi connectivity index (χ0n) is 11.7. The monoisotopic (exact) mass is 269 g/mol. The minimum absolute atomic E-state index is 0.319. The van der Waals surface area contributed by atoms with Gasteiger partial charge in [-0.25, -0.2) is 0 Å². The molecule has 19 heavy (non-hydrogen) atoms. The van der Waals surface area contributed by atoms with Crippen LogP contribution in [0.25, 0.3) is 0 Å². The minimum Gasteiger partial charge on any atom is -0.370 e. The van der Waals surface area contributed by atoms with E-state index in [1.54, 1.807) is 7.11 Å². The van der Waals surface area contributed by atoms with Crippen LogP contribution in [-0.2, 0) is 15.1 Å². The summed E-state index contributed by atoms with van der Waals surface area (Å²) in [5, 5.41) is 4.10. The summed E-state index contributed by atoms with van der Waals surface area (Å²) in [6, 6.07) is 0. The van der Waals surface area contributed by atoms with E-state index in [1.165, 1.54) is 6.42 Å². The summed E-state index contributed by atoms with van der Waals surface area (Å²) in [4.78, 5) is 4.46. The third-order valence-electron chi connectivity index (χ3n) is 3.71. The summed E-state index contributed by atoms with van der Waals surface area (Å²) in [5.41, 5.74) is 5.22. The van der Waals surface area contributed by atoms with Gasteiger partial charge in [-0.05, 0) is 19.8 Å². The Morgan fingerprint density at radius 3 is 2.68 bits per heavy atom. The third kappa shape index (κ3) is 2.96. The van der Waals surface area contributed by atoms with Crippen molar-refractivity contribution in [2.45, 2.75) is 50.7 Å². The van der Waals surface area contributed by atoms with E-state index < -0.39 is 0 Å². The van der Waals surface area contributed by atoms with Crippen LogP contribution in [0.4, 0.5) is 0 Å². The normalized spacial score (nSPS) is 20.4. The topological polar surface area (TPSA) is 83.4 Å². The van der Waals surface area contributed by atoms with E-state index in [1.807, 2.05) is 6.92 Å². The fourth-order valence-corrected chi connectivity index (χ4v) is 2.68. The second-order valence-corrected chi connectivity index (χ2v) is 4.90. The van der Waals surface area contributed by atoms with E-state index in [2.05, 4.69) is 10.1 Å². The van der Waals surface area contributed by atoms with Gasteiger partial charge in [0.05, 0.1) is 0 Å². The molecule has 1 heterocycles. The lowest BCUT2D eigenvalue weighted by Crippen LogP contribution is -2.33. The molecule has 1 fully saturated rings. The standard InChI is InChI=1S/C13H23N3O3/c1-3-18-13(7-5-4-6-8-13)12-15-11(19-16-12)10(9-14)17-2/h10H,3-9,14H2,1-2H3. The lowest BCUT2D eigenvalue weighted by atomic mass is 9.84. The summed E-state index contributed by atoms with van der Waals surface area (Å²) < 4.78 is 16.5. The predicted molar refractivity (Wildman–Crippen MR) is 69.5 cm³/mol. The minimum atomic E-state index is -0.387. The number of ether oxygens (including phenoxy) is 2. The number of nitrogens with zero attached hydrogens (tertiary/aromatic N) is 2. The molecule has 1 aliphatic rings. The summed E-state index contributed by atoms with van der Waals surface area (Å²) in [5.74, 6) is 1.07. The predicted octanol–water partition coefficient (Wildman–Crippen LogP) is 1.91. The van der Waals surface area contributed by atoms with Crippen molar-refractivity contribution in [1.29, 1.82) is 0 Å². The first-order chi connectivity index (χ1) is 9.25. The van der Waals surface area contributed by atoms with Gasteiger partial charge in [0.2, 0.25) is 5.82 Å². The SMILES string of the molecule is CCOC1(c2noc(C(CN)OC)n2)CCCCC1. The summed E-state index contributed by atoms with van der Waals surface area (Å²) in [6.45, 7) is 2.96. The molecule has 0 bridgehead atoms. The number of aromatic nitrogens is 2. The van der Waals surface area contributed by atoms with Gasteiger partial charge in [-0.1, -0.05) is 24.4 Å². The Bertz CT molecular complexity index is 379. The van der Waals surface area contributed by atoms with Gasteiger partial charge in [-0.2, -0.15) is 4.98 Å². The molecular formula is C13H23N3O3. The van der Waals surface area contributed by atoms with Gasteiger partial charge in [-0.3, -0.25) is 0 Å². The Kier molecular flexibility index (Phi) is 4.90. The van der Waals surface area contributed by atoms with Crippen molar-refractivity contribution in [2.24, 2.45) is 5.73 Å². The molecule has 1 aromatic heterocycles. The van der Waals surface area contributed by atoms with Crippen LogP contribution in [0.1, 0.15) is 56.8 Å². The zero-order chi connectivity index (χ0) is 13.7. The van der Waals surface area contributed by atoms with Gasteiger partial charge in [0, 0.05) is 20.3 Å². The number of hydrogen-bond donors (Lipinski definition) is 1. The smallest absolute Gasteiger partial charge is 0.257 e. The van der Waals surface area contributed by atoms with Crippen molar-refractivity contribution in [3.63, 3.8) is 0 Å². The molecule has 1 atom stereocenters. The quantitative estimate of drug-likeness (QED) is 0.849. The Morgan fingerprint density at radius 1 is 1.37 bits per heavy atom. The molecule has 0 radical (unpaired) electrons. The number of methoxy groups -OCH3 is 1. The van der Waals surface area contributed by atoms with Gasteiger partial charge in [0.1, 0.15) is 11.7 Å². The van der Waals surface area contributed by atoms with Crippen LogP contribution in [0.2, 0.25) is 0 Å². The van der Waals surface area contributed by atoms with Gasteiger partial charge in [0.15, 0.2) is 0 Å². The molecule has 0 spiro atoms. The van der Waals surface area contributed by atoms with Crippen LogP contribution >= 0.6 is 0 Å². The van der Waals surface area contributed by atoms with E-state index >= 15 is 0 Å². The highest BCUT2D eigenvalue weighted by molar-refractivity contribution is 5.04. The molecule has 1 unspecified atom stereocenters. The van der Waals surface area contributed by atoms with Gasteiger partial charge in [0.25, 0.3) is 5.89 Å². The first-order valence-electron chi connectivity index (χ1n) is 6.96. The van der Waals surface area contributed by atoms with Crippen LogP contribution < -0.4 is 5.73 Å². The molecule has 0 saturated heterocycles. The summed E-state index contributed by atoms with van der Waals surface area (Å²) in [6.07, 6.45) is 5.05. The van der Waals surface area contributed by atoms with E-state index in [4.69, 9.17) is 19.7 Å². The molecule has 108 valence electrons. The van der Waals surface area contributed by atoms with Crippen LogP contribution in [0.5, 0.6) is 0 Å². The average molecular weight is 269 g/mol. The maximum atomic E-state index is 5.96. The molecular weight excluding hydrogens is 246 g/mol. The fourth-order valence-electron chi connectivity index (χ4n) is 2.68. The van der Waals surface area contributed by atoms with Gasteiger partial charge in [-0.15, -0.1) is 0 Å². The van der Waals surface area contributed by atoms with Crippen LogP contribution in [0.15, 0.2) is 4.52 Å². The molecule has 1 aliphatic carbocycles. The van der Waals surface area contributed by atoms with Crippen molar-refractivity contribution < 1.29 is 14.0 Å². The largest absolute Gasteiger partial charge is 0.370 e. The second kappa shape index (κ2) is 6.45. The zero-order valence-corrected chi connectivity index (χ0v) is 11.7. The number of nitrogens with two attached hydrogens (primary N) is 1. The maximum absolute atomic E-state index is 5.96. The van der Waals surface area contributed by atoms with Crippen LogP contribution in [0.3, 0.4) is 0 Å². The molecule has 2 N–H and O–H groups in total. The van der Waals surface area contributed by atoms with Crippen molar-refractivity contribution in [1.82, 2.24) is 10.1 Å². The summed E-state index contributed by atoms with van der Waals surface area (Å²) >= 11 is 0. The Hall–Kier alpha value is -0.980. The second-order valence-electron chi connectivity index (χ2n) is 4.90. The van der Waals surface area contributed by atoms with Crippen molar-refractivity contribution >= 4 is 0 Å². The molecule has 2 rings (SSSR count). The Balaban J connectivity index is 2.22. The Labute approximate surface area is 113 Å². The first-order valence-corrected chi connectivity index (χ1v) is 6.96. The fraction of sp³-hybridized carbons (Fsp3) is 0.846. The highest BCUT2D eigenvalue weighted by Gasteiger charge is 2.39. The van der Waals surface area contributed by atoms with Crippen LogP contribution in [-0.4, -0.2) is 30.4 Å². The van der Waals surface area contributed by atoms with Crippen LogP contribution in [0, 0.1) is 0 Å². The molecule has 1 saturated carbocycles. The van der Waals surface area contributed by atoms with Crippen molar-refractivity contribution in [2.75, 3.05) is 20.3 Å². The van der Waals surface area contributed by atoms with Gasteiger partial charge < -0.3 is 19.7 Å². The van der Waals surface area contributed by atoms with Gasteiger partial charge >= 0.3 is 0 Å². The summed E-state index contributed by atoms with van der Waals surface area (Å²) in [7, 11) is 1.58. The van der Waals surface area contributed by atoms with E-state index in [0.717, 1.165) is 25.7 Å². The lowest BCUT2D eigenvalue weighted by Gasteiger charge is -2.33. The molecule has 6 heteroatoms. The molecule has 6 nitrogen and oxygen atoms in total. The van der Waals surface area contributed by atoms with Crippen molar-refractivity contribution in [3.8, 4) is 0 Å². The van der Waals surface area contributed by atoms with E-state index in [-0.39, 0.29) is 11.7 Å². The average Bonchev–Trinajstić information content (AvgIpc) is 2.92. The highest BCUT2D eigenvalue weighted by Crippen LogP contribution is 2.39. The maximum Gasteiger partial charge on any atom is 0.257 e.